The Kier molecular flexibility index (Phi) is 6.78. The fourth-order valence-electron chi connectivity index (χ4n) is 2.86. The summed E-state index contributed by atoms with van der Waals surface area (Å²) >= 11 is 6.23. The van der Waals surface area contributed by atoms with Gasteiger partial charge in [-0.15, -0.1) is 0 Å². The second-order valence-corrected chi connectivity index (χ2v) is 6.24. The number of ether oxygens (including phenoxy) is 2. The van der Waals surface area contributed by atoms with Crippen molar-refractivity contribution in [2.24, 2.45) is 0 Å². The predicted octanol–water partition coefficient (Wildman–Crippen LogP) is 3.82. The first-order chi connectivity index (χ1) is 12.4. The van der Waals surface area contributed by atoms with Gasteiger partial charge in [0.1, 0.15) is 5.82 Å². The van der Waals surface area contributed by atoms with Crippen LogP contribution >= 0.6 is 11.6 Å². The number of nitrogens with one attached hydrogen (secondary N) is 1. The number of halogens is 2. The zero-order chi connectivity index (χ0) is 19.3. The molecule has 0 radical (unpaired) electrons. The quantitative estimate of drug-likeness (QED) is 0.762. The lowest BCUT2D eigenvalue weighted by Crippen LogP contribution is -2.32. The second-order valence-electron chi connectivity index (χ2n) is 5.84. The molecule has 0 amide bonds. The number of rotatable bonds is 6. The Balaban J connectivity index is 2.66. The summed E-state index contributed by atoms with van der Waals surface area (Å²) in [5, 5.41) is 12.8. The Morgan fingerprint density at radius 1 is 1.46 bits per heavy atom. The van der Waals surface area contributed by atoms with Crippen LogP contribution < -0.4 is 5.32 Å². The molecule has 1 N–H and O–H groups in total. The van der Waals surface area contributed by atoms with Crippen molar-refractivity contribution in [1.29, 1.82) is 5.26 Å². The largest absolute Gasteiger partial charge is 0.462 e. The number of carbonyl (C=O) groups is 1. The molecule has 0 aliphatic carbocycles. The van der Waals surface area contributed by atoms with Gasteiger partial charge in [-0.05, 0) is 31.0 Å². The number of esters is 1. The molecule has 0 fully saturated rings. The van der Waals surface area contributed by atoms with E-state index in [1.807, 2.05) is 6.92 Å². The molecular weight excluding hydrogens is 359 g/mol. The summed E-state index contributed by atoms with van der Waals surface area (Å²) in [6, 6.07) is 6.02. The Bertz CT molecular complexity index is 811. The average Bonchev–Trinajstić information content (AvgIpc) is 2.59. The van der Waals surface area contributed by atoms with Crippen LogP contribution in [-0.2, 0) is 14.3 Å². The second kappa shape index (κ2) is 8.84. The molecule has 1 heterocycles. The lowest BCUT2D eigenvalue weighted by molar-refractivity contribution is -0.139. The molecule has 0 bridgehead atoms. The van der Waals surface area contributed by atoms with E-state index in [1.165, 1.54) is 19.2 Å². The van der Waals surface area contributed by atoms with Crippen LogP contribution in [0.25, 0.3) is 0 Å². The number of allylic oxidation sites excluding steroid dienone is 2. The van der Waals surface area contributed by atoms with Crippen molar-refractivity contribution in [2.45, 2.75) is 26.2 Å². The van der Waals surface area contributed by atoms with E-state index in [2.05, 4.69) is 11.4 Å². The highest BCUT2D eigenvalue weighted by atomic mass is 35.5. The maximum Gasteiger partial charge on any atom is 0.336 e. The molecule has 2 rings (SSSR count). The highest BCUT2D eigenvalue weighted by Gasteiger charge is 2.36. The van der Waals surface area contributed by atoms with E-state index in [-0.39, 0.29) is 23.8 Å². The number of hydrogen-bond acceptors (Lipinski definition) is 5. The van der Waals surface area contributed by atoms with Crippen molar-refractivity contribution >= 4 is 17.6 Å². The highest BCUT2D eigenvalue weighted by Crippen LogP contribution is 2.41. The van der Waals surface area contributed by atoms with Gasteiger partial charge in [-0.3, -0.25) is 0 Å². The van der Waals surface area contributed by atoms with Crippen LogP contribution in [0, 0.1) is 17.1 Å². The van der Waals surface area contributed by atoms with Gasteiger partial charge < -0.3 is 14.8 Å². The lowest BCUT2D eigenvalue weighted by Gasteiger charge is -2.30. The minimum atomic E-state index is -0.760. The molecule has 0 saturated heterocycles. The molecule has 1 unspecified atom stereocenters. The third kappa shape index (κ3) is 4.06. The molecular formula is C19H20ClFN2O3. The summed E-state index contributed by atoms with van der Waals surface area (Å²) in [7, 11) is 1.50. The van der Waals surface area contributed by atoms with Crippen LogP contribution in [0.2, 0.25) is 5.02 Å². The van der Waals surface area contributed by atoms with E-state index in [1.54, 1.807) is 6.92 Å². The fraction of sp³-hybridized carbons (Fsp3) is 0.368. The number of dihydropyridines is 1. The van der Waals surface area contributed by atoms with Gasteiger partial charge in [0.15, 0.2) is 0 Å². The van der Waals surface area contributed by atoms with E-state index in [0.29, 0.717) is 29.0 Å². The fourth-order valence-corrected chi connectivity index (χ4v) is 3.14. The molecule has 5 nitrogen and oxygen atoms in total. The molecule has 1 aromatic carbocycles. The van der Waals surface area contributed by atoms with Crippen LogP contribution in [0.1, 0.15) is 31.7 Å². The first-order valence-electron chi connectivity index (χ1n) is 8.16. The Labute approximate surface area is 157 Å². The van der Waals surface area contributed by atoms with Crippen molar-refractivity contribution in [2.75, 3.05) is 20.3 Å². The van der Waals surface area contributed by atoms with Crippen molar-refractivity contribution in [3.05, 3.63) is 57.1 Å². The minimum Gasteiger partial charge on any atom is -0.462 e. The van der Waals surface area contributed by atoms with Crippen molar-refractivity contribution in [3.8, 4) is 6.07 Å². The van der Waals surface area contributed by atoms with Crippen molar-refractivity contribution < 1.29 is 18.7 Å². The number of hydrogen-bond donors (Lipinski definition) is 1. The number of nitriles is 1. The first kappa shape index (κ1) is 20.0. The monoisotopic (exact) mass is 378 g/mol. The topological polar surface area (TPSA) is 71.3 Å². The Morgan fingerprint density at radius 3 is 2.77 bits per heavy atom. The third-order valence-electron chi connectivity index (χ3n) is 3.98. The molecule has 0 spiro atoms. The zero-order valence-corrected chi connectivity index (χ0v) is 15.6. The smallest absolute Gasteiger partial charge is 0.336 e. The standard InChI is InChI=1S/C19H20ClFN2O3/c1-4-7-26-19(24)18-16(10-25-3)23-11(2)14(9-22)17(18)13-6-5-12(21)8-15(13)20/h5-6,8,17,23H,4,7,10H2,1-3H3. The molecule has 26 heavy (non-hydrogen) atoms. The molecule has 138 valence electrons. The number of methoxy groups -OCH3 is 1. The summed E-state index contributed by atoms with van der Waals surface area (Å²) in [6.07, 6.45) is 0.661. The van der Waals surface area contributed by atoms with Crippen LogP contribution in [0.15, 0.2) is 40.7 Å². The van der Waals surface area contributed by atoms with Gasteiger partial charge in [-0.2, -0.15) is 5.26 Å². The molecule has 0 aromatic heterocycles. The number of benzene rings is 1. The molecule has 7 heteroatoms. The van der Waals surface area contributed by atoms with Gasteiger partial charge in [-0.25, -0.2) is 9.18 Å². The molecule has 1 aliphatic heterocycles. The van der Waals surface area contributed by atoms with Crippen LogP contribution in [0.4, 0.5) is 4.39 Å². The lowest BCUT2D eigenvalue weighted by atomic mass is 9.81. The SMILES string of the molecule is CCCOC(=O)C1=C(COC)NC(C)=C(C#N)C1c1ccc(F)cc1Cl. The normalized spacial score (nSPS) is 17.0. The van der Waals surface area contributed by atoms with Gasteiger partial charge in [0, 0.05) is 17.8 Å². The molecule has 1 aliphatic rings. The van der Waals surface area contributed by atoms with Gasteiger partial charge in [-0.1, -0.05) is 24.6 Å². The third-order valence-corrected chi connectivity index (χ3v) is 4.31. The summed E-state index contributed by atoms with van der Waals surface area (Å²) in [6.45, 7) is 3.99. The van der Waals surface area contributed by atoms with Crippen molar-refractivity contribution in [3.63, 3.8) is 0 Å². The van der Waals surface area contributed by atoms with E-state index in [0.717, 1.165) is 6.07 Å². The van der Waals surface area contributed by atoms with E-state index in [4.69, 9.17) is 21.1 Å². The van der Waals surface area contributed by atoms with Crippen molar-refractivity contribution in [1.82, 2.24) is 5.32 Å². The summed E-state index contributed by atoms with van der Waals surface area (Å²) < 4.78 is 24.0. The molecule has 1 aromatic rings. The maximum atomic E-state index is 13.5. The van der Waals surface area contributed by atoms with E-state index >= 15 is 0 Å². The van der Waals surface area contributed by atoms with Gasteiger partial charge in [0.25, 0.3) is 0 Å². The molecule has 0 saturated carbocycles. The maximum absolute atomic E-state index is 13.5. The number of carbonyl (C=O) groups excluding carboxylic acids is 1. The summed E-state index contributed by atoms with van der Waals surface area (Å²) in [5.41, 5.74) is 2.10. The van der Waals surface area contributed by atoms with E-state index in [9.17, 15) is 14.4 Å². The van der Waals surface area contributed by atoms with E-state index < -0.39 is 17.7 Å². The van der Waals surface area contributed by atoms with Gasteiger partial charge in [0.2, 0.25) is 0 Å². The summed E-state index contributed by atoms with van der Waals surface area (Å²) in [5.74, 6) is -1.82. The number of nitrogens with zero attached hydrogens (tertiary/aromatic N) is 1. The van der Waals surface area contributed by atoms with Crippen LogP contribution in [-0.4, -0.2) is 26.3 Å². The minimum absolute atomic E-state index is 0.127. The van der Waals surface area contributed by atoms with Crippen LogP contribution in [0.5, 0.6) is 0 Å². The Hall–Kier alpha value is -2.36. The highest BCUT2D eigenvalue weighted by molar-refractivity contribution is 6.31. The zero-order valence-electron chi connectivity index (χ0n) is 14.9. The predicted molar refractivity (Wildman–Crippen MR) is 95.8 cm³/mol. The van der Waals surface area contributed by atoms with Gasteiger partial charge in [0.05, 0.1) is 42.0 Å². The first-order valence-corrected chi connectivity index (χ1v) is 8.54. The average molecular weight is 379 g/mol. The van der Waals surface area contributed by atoms with Crippen LogP contribution in [0.3, 0.4) is 0 Å². The Morgan fingerprint density at radius 2 is 2.19 bits per heavy atom. The van der Waals surface area contributed by atoms with Gasteiger partial charge >= 0.3 is 5.97 Å². The summed E-state index contributed by atoms with van der Waals surface area (Å²) in [4.78, 5) is 12.7. The molecule has 1 atom stereocenters.